The van der Waals surface area contributed by atoms with Crippen LogP contribution in [0.25, 0.3) is 0 Å². The quantitative estimate of drug-likeness (QED) is 0.653. The van der Waals surface area contributed by atoms with E-state index in [0.29, 0.717) is 6.04 Å². The third kappa shape index (κ3) is 2.07. The molecule has 0 bridgehead atoms. The molecule has 4 heteroatoms. The molecule has 2 unspecified atom stereocenters. The molecule has 0 aromatic carbocycles. The average Bonchev–Trinajstić information content (AvgIpc) is 2.14. The summed E-state index contributed by atoms with van der Waals surface area (Å²) < 4.78 is 0. The number of carboxylic acids is 1. The van der Waals surface area contributed by atoms with Crippen molar-refractivity contribution in [1.29, 1.82) is 0 Å². The first-order chi connectivity index (χ1) is 4.63. The molecule has 1 N–H and O–H groups in total. The summed E-state index contributed by atoms with van der Waals surface area (Å²) in [5.74, 6) is -0.688. The van der Waals surface area contributed by atoms with Crippen LogP contribution in [0.4, 0.5) is 0 Å². The van der Waals surface area contributed by atoms with Gasteiger partial charge in [-0.3, -0.25) is 9.69 Å². The lowest BCUT2D eigenvalue weighted by Gasteiger charge is -2.19. The van der Waals surface area contributed by atoms with Crippen molar-refractivity contribution in [3.63, 3.8) is 0 Å². The van der Waals surface area contributed by atoms with Crippen molar-refractivity contribution >= 4 is 18.4 Å². The van der Waals surface area contributed by atoms with Gasteiger partial charge >= 0.3 is 5.97 Å². The summed E-state index contributed by atoms with van der Waals surface area (Å²) in [5, 5.41) is 8.66. The first kappa shape index (κ1) is 10.7. The summed E-state index contributed by atoms with van der Waals surface area (Å²) in [6.45, 7) is 2.06. The van der Waals surface area contributed by atoms with Crippen LogP contribution in [0.15, 0.2) is 0 Å². The molecule has 0 spiro atoms. The molecule has 1 heterocycles. The van der Waals surface area contributed by atoms with Gasteiger partial charge in [0, 0.05) is 6.04 Å². The minimum Gasteiger partial charge on any atom is -0.480 e. The Labute approximate surface area is 72.8 Å². The number of hydrogen-bond acceptors (Lipinski definition) is 2. The van der Waals surface area contributed by atoms with Gasteiger partial charge in [0.2, 0.25) is 0 Å². The van der Waals surface area contributed by atoms with Crippen LogP contribution in [0.1, 0.15) is 19.8 Å². The van der Waals surface area contributed by atoms with Crippen LogP contribution in [0.2, 0.25) is 0 Å². The van der Waals surface area contributed by atoms with E-state index in [1.54, 1.807) is 0 Å². The van der Waals surface area contributed by atoms with E-state index < -0.39 is 5.97 Å². The number of hydrogen-bond donors (Lipinski definition) is 1. The number of likely N-dealkylation sites (N-methyl/N-ethyl adjacent to an activating group) is 1. The molecule has 1 aliphatic rings. The first-order valence-electron chi connectivity index (χ1n) is 3.57. The van der Waals surface area contributed by atoms with Gasteiger partial charge in [0.1, 0.15) is 6.04 Å². The second-order valence-corrected chi connectivity index (χ2v) is 2.95. The molecule has 0 aliphatic carbocycles. The highest BCUT2D eigenvalue weighted by Gasteiger charge is 2.32. The second-order valence-electron chi connectivity index (χ2n) is 2.95. The molecule has 2 atom stereocenters. The Morgan fingerprint density at radius 2 is 2.09 bits per heavy atom. The van der Waals surface area contributed by atoms with Gasteiger partial charge in [-0.2, -0.15) is 0 Å². The van der Waals surface area contributed by atoms with Crippen LogP contribution in [-0.2, 0) is 4.79 Å². The van der Waals surface area contributed by atoms with E-state index in [1.807, 2.05) is 11.9 Å². The Balaban J connectivity index is 0.000001000. The van der Waals surface area contributed by atoms with Gasteiger partial charge in [-0.15, -0.1) is 12.4 Å². The summed E-state index contributed by atoms with van der Waals surface area (Å²) >= 11 is 0. The molecule has 1 fully saturated rings. The number of carbonyl (C=O) groups is 1. The van der Waals surface area contributed by atoms with Gasteiger partial charge in [-0.1, -0.05) is 0 Å². The Bertz CT molecular complexity index is 151. The van der Waals surface area contributed by atoms with E-state index in [4.69, 9.17) is 5.11 Å². The molecule has 3 nitrogen and oxygen atoms in total. The van der Waals surface area contributed by atoms with Crippen LogP contribution in [0.5, 0.6) is 0 Å². The Hall–Kier alpha value is -0.280. The molecule has 0 amide bonds. The summed E-state index contributed by atoms with van der Waals surface area (Å²) in [5.41, 5.74) is 0. The summed E-state index contributed by atoms with van der Waals surface area (Å²) in [6.07, 6.45) is 1.81. The zero-order valence-electron chi connectivity index (χ0n) is 6.78. The Morgan fingerprint density at radius 3 is 2.27 bits per heavy atom. The normalized spacial score (nSPS) is 31.5. The fourth-order valence-corrected chi connectivity index (χ4v) is 1.41. The molecule has 0 radical (unpaired) electrons. The highest BCUT2D eigenvalue weighted by Crippen LogP contribution is 2.21. The summed E-state index contributed by atoms with van der Waals surface area (Å²) in [4.78, 5) is 12.4. The second kappa shape index (κ2) is 3.93. The van der Waals surface area contributed by atoms with Crippen LogP contribution in [-0.4, -0.2) is 35.1 Å². The fraction of sp³-hybridized carbons (Fsp3) is 0.857. The van der Waals surface area contributed by atoms with Crippen LogP contribution in [0.3, 0.4) is 0 Å². The van der Waals surface area contributed by atoms with Crippen molar-refractivity contribution in [2.24, 2.45) is 0 Å². The lowest BCUT2D eigenvalue weighted by molar-refractivity contribution is -0.142. The summed E-state index contributed by atoms with van der Waals surface area (Å²) in [7, 11) is 1.87. The number of rotatable bonds is 1. The van der Waals surface area contributed by atoms with Gasteiger partial charge in [0.05, 0.1) is 0 Å². The molecule has 0 saturated carbocycles. The van der Waals surface area contributed by atoms with Crippen molar-refractivity contribution in [3.05, 3.63) is 0 Å². The lowest BCUT2D eigenvalue weighted by atomic mass is 10.2. The average molecular weight is 180 g/mol. The molecule has 0 aromatic heterocycles. The number of halogens is 1. The molecule has 66 valence electrons. The fourth-order valence-electron chi connectivity index (χ4n) is 1.41. The third-order valence-corrected chi connectivity index (χ3v) is 2.33. The largest absolute Gasteiger partial charge is 0.480 e. The van der Waals surface area contributed by atoms with Crippen molar-refractivity contribution in [3.8, 4) is 0 Å². The first-order valence-corrected chi connectivity index (χ1v) is 3.57. The zero-order valence-corrected chi connectivity index (χ0v) is 7.60. The third-order valence-electron chi connectivity index (χ3n) is 2.33. The van der Waals surface area contributed by atoms with E-state index in [9.17, 15) is 4.79 Å². The van der Waals surface area contributed by atoms with Crippen molar-refractivity contribution in [2.45, 2.75) is 31.8 Å². The minimum absolute atomic E-state index is 0. The highest BCUT2D eigenvalue weighted by molar-refractivity contribution is 5.85. The van der Waals surface area contributed by atoms with Crippen molar-refractivity contribution < 1.29 is 9.90 Å². The van der Waals surface area contributed by atoms with Gasteiger partial charge in [0.15, 0.2) is 0 Å². The van der Waals surface area contributed by atoms with Gasteiger partial charge in [0.25, 0.3) is 0 Å². The molecule has 1 rings (SSSR count). The van der Waals surface area contributed by atoms with Crippen molar-refractivity contribution in [1.82, 2.24) is 4.90 Å². The van der Waals surface area contributed by atoms with Gasteiger partial charge in [-0.25, -0.2) is 0 Å². The highest BCUT2D eigenvalue weighted by atomic mass is 35.5. The molecule has 0 aromatic rings. The molecule has 11 heavy (non-hydrogen) atoms. The number of nitrogens with zero attached hydrogens (tertiary/aromatic N) is 1. The summed E-state index contributed by atoms with van der Waals surface area (Å²) in [6, 6.07) is 0.191. The molecular formula is C7H14ClNO2. The van der Waals surface area contributed by atoms with Crippen LogP contribution < -0.4 is 0 Å². The predicted octanol–water partition coefficient (Wildman–Crippen LogP) is 0.976. The van der Waals surface area contributed by atoms with Crippen LogP contribution in [0, 0.1) is 0 Å². The number of carboxylic acid groups (broad SMARTS) is 1. The maximum Gasteiger partial charge on any atom is 0.320 e. The van der Waals surface area contributed by atoms with E-state index in [-0.39, 0.29) is 18.4 Å². The predicted molar refractivity (Wildman–Crippen MR) is 45.1 cm³/mol. The topological polar surface area (TPSA) is 40.5 Å². The van der Waals surface area contributed by atoms with E-state index in [0.717, 1.165) is 12.8 Å². The van der Waals surface area contributed by atoms with E-state index >= 15 is 0 Å². The maximum absolute atomic E-state index is 10.5. The van der Waals surface area contributed by atoms with E-state index in [2.05, 4.69) is 6.92 Å². The Morgan fingerprint density at radius 1 is 1.55 bits per heavy atom. The molecule has 1 saturated heterocycles. The van der Waals surface area contributed by atoms with Crippen LogP contribution >= 0.6 is 12.4 Å². The van der Waals surface area contributed by atoms with Crippen molar-refractivity contribution in [2.75, 3.05) is 7.05 Å². The molecular weight excluding hydrogens is 166 g/mol. The lowest BCUT2D eigenvalue weighted by Crippen LogP contribution is -2.36. The number of aliphatic carboxylic acids is 1. The SMILES string of the molecule is CC1CCC(C(=O)O)N1C.Cl. The smallest absolute Gasteiger partial charge is 0.320 e. The Kier molecular flexibility index (Phi) is 3.83. The van der Waals surface area contributed by atoms with E-state index in [1.165, 1.54) is 0 Å². The maximum atomic E-state index is 10.5. The van der Waals surface area contributed by atoms with Gasteiger partial charge < -0.3 is 5.11 Å². The standard InChI is InChI=1S/C7H13NO2.ClH/c1-5-3-4-6(7(9)10)8(5)2;/h5-6H,3-4H2,1-2H3,(H,9,10);1H. The zero-order chi connectivity index (χ0) is 7.72. The number of likely N-dealkylation sites (tertiary alicyclic amines) is 1. The minimum atomic E-state index is -0.688. The molecule has 1 aliphatic heterocycles. The van der Waals surface area contributed by atoms with Gasteiger partial charge in [-0.05, 0) is 26.8 Å². The monoisotopic (exact) mass is 179 g/mol.